The first-order valence-corrected chi connectivity index (χ1v) is 8.20. The van der Waals surface area contributed by atoms with Crippen molar-refractivity contribution in [2.24, 2.45) is 5.84 Å². The summed E-state index contributed by atoms with van der Waals surface area (Å²) in [6.45, 7) is 2.01. The smallest absolute Gasteiger partial charge is 0.0897 e. The van der Waals surface area contributed by atoms with E-state index in [-0.39, 0.29) is 6.04 Å². The van der Waals surface area contributed by atoms with Crippen molar-refractivity contribution < 1.29 is 0 Å². The first-order chi connectivity index (χ1) is 8.10. The number of rotatable bonds is 4. The molecule has 0 aliphatic heterocycles. The van der Waals surface area contributed by atoms with E-state index in [1.54, 1.807) is 22.7 Å². The minimum Gasteiger partial charge on any atom is -0.271 e. The molecule has 2 heterocycles. The third-order valence-corrected chi connectivity index (χ3v) is 6.48. The number of nitrogens with one attached hydrogen (secondary N) is 1. The molecule has 0 aliphatic rings. The van der Waals surface area contributed by atoms with Gasteiger partial charge in [0.1, 0.15) is 0 Å². The minimum atomic E-state index is 0.101. The van der Waals surface area contributed by atoms with Gasteiger partial charge in [-0.2, -0.15) is 0 Å². The van der Waals surface area contributed by atoms with Gasteiger partial charge in [-0.3, -0.25) is 11.3 Å². The van der Waals surface area contributed by atoms with Gasteiger partial charge in [-0.1, -0.05) is 0 Å². The van der Waals surface area contributed by atoms with E-state index in [4.69, 9.17) is 5.84 Å². The molecule has 1 atom stereocenters. The number of aromatic nitrogens is 1. The second kappa shape index (κ2) is 5.90. The van der Waals surface area contributed by atoms with Gasteiger partial charge in [0.05, 0.1) is 20.5 Å². The summed E-state index contributed by atoms with van der Waals surface area (Å²) < 4.78 is 2.15. The van der Waals surface area contributed by atoms with Crippen molar-refractivity contribution in [3.8, 4) is 0 Å². The van der Waals surface area contributed by atoms with Crippen molar-refractivity contribution in [3.63, 3.8) is 0 Å². The van der Waals surface area contributed by atoms with E-state index in [1.165, 1.54) is 4.88 Å². The zero-order valence-corrected chi connectivity index (χ0v) is 13.8. The standard InChI is InChI=1S/C10H11Br2N3S2/c1-5-14-6(4-16-5)2-8(15-13)9-3-7(11)10(12)17-9/h3-4,8,15H,2,13H2,1H3. The van der Waals surface area contributed by atoms with Crippen LogP contribution in [0, 0.1) is 6.92 Å². The molecule has 92 valence electrons. The Morgan fingerprint density at radius 3 is 2.76 bits per heavy atom. The van der Waals surface area contributed by atoms with Gasteiger partial charge in [-0.05, 0) is 44.8 Å². The summed E-state index contributed by atoms with van der Waals surface area (Å²) >= 11 is 10.3. The lowest BCUT2D eigenvalue weighted by Gasteiger charge is -2.12. The molecule has 3 N–H and O–H groups in total. The third kappa shape index (κ3) is 3.36. The molecule has 1 unspecified atom stereocenters. The molecule has 0 amide bonds. The highest BCUT2D eigenvalue weighted by Crippen LogP contribution is 2.36. The summed E-state index contributed by atoms with van der Waals surface area (Å²) in [4.78, 5) is 5.65. The van der Waals surface area contributed by atoms with Crippen LogP contribution in [0.3, 0.4) is 0 Å². The SMILES string of the molecule is Cc1nc(CC(NN)c2cc(Br)c(Br)s2)cs1. The fourth-order valence-electron chi connectivity index (χ4n) is 1.49. The maximum absolute atomic E-state index is 5.62. The molecule has 0 aliphatic carbocycles. The third-order valence-electron chi connectivity index (χ3n) is 2.29. The van der Waals surface area contributed by atoms with Gasteiger partial charge < -0.3 is 0 Å². The van der Waals surface area contributed by atoms with Crippen LogP contribution in [-0.4, -0.2) is 4.98 Å². The topological polar surface area (TPSA) is 50.9 Å². The molecule has 2 rings (SSSR count). The second-order valence-corrected chi connectivity index (χ2v) is 7.87. The Labute approximate surface area is 125 Å². The number of thiazole rings is 1. The van der Waals surface area contributed by atoms with E-state index in [0.717, 1.165) is 25.4 Å². The molecular formula is C10H11Br2N3S2. The first-order valence-electron chi connectivity index (χ1n) is 4.92. The molecule has 0 saturated carbocycles. The van der Waals surface area contributed by atoms with Crippen LogP contribution in [0.2, 0.25) is 0 Å². The van der Waals surface area contributed by atoms with Crippen LogP contribution >= 0.6 is 54.5 Å². The summed E-state index contributed by atoms with van der Waals surface area (Å²) in [6.07, 6.45) is 0.806. The predicted octanol–water partition coefficient (Wildman–Crippen LogP) is 3.79. The summed E-state index contributed by atoms with van der Waals surface area (Å²) in [5.74, 6) is 5.62. The van der Waals surface area contributed by atoms with Crippen LogP contribution in [0.1, 0.15) is 21.6 Å². The van der Waals surface area contributed by atoms with Crippen LogP contribution in [0.15, 0.2) is 19.7 Å². The molecule has 0 saturated heterocycles. The number of hydrogen-bond acceptors (Lipinski definition) is 5. The summed E-state index contributed by atoms with van der Waals surface area (Å²) in [5, 5.41) is 3.17. The zero-order valence-electron chi connectivity index (χ0n) is 9.04. The molecule has 2 aromatic heterocycles. The Kier molecular flexibility index (Phi) is 4.73. The molecule has 0 fully saturated rings. The number of thiophene rings is 1. The fraction of sp³-hybridized carbons (Fsp3) is 0.300. The van der Waals surface area contributed by atoms with Gasteiger partial charge in [0.15, 0.2) is 0 Å². The average Bonchev–Trinajstić information content (AvgIpc) is 2.83. The first kappa shape index (κ1) is 13.6. The Morgan fingerprint density at radius 1 is 1.53 bits per heavy atom. The van der Waals surface area contributed by atoms with Crippen LogP contribution in [0.5, 0.6) is 0 Å². The molecule has 7 heteroatoms. The van der Waals surface area contributed by atoms with E-state index in [1.807, 2.05) is 6.92 Å². The lowest BCUT2D eigenvalue weighted by Crippen LogP contribution is -2.29. The molecule has 0 aromatic carbocycles. The Hall–Kier alpha value is 0.210. The van der Waals surface area contributed by atoms with E-state index < -0.39 is 0 Å². The van der Waals surface area contributed by atoms with Gasteiger partial charge in [0.25, 0.3) is 0 Å². The van der Waals surface area contributed by atoms with Crippen molar-refractivity contribution in [1.82, 2.24) is 10.4 Å². The molecule has 3 nitrogen and oxygen atoms in total. The van der Waals surface area contributed by atoms with E-state index in [2.05, 4.69) is 53.7 Å². The van der Waals surface area contributed by atoms with Gasteiger partial charge in [0, 0.05) is 21.2 Å². The maximum Gasteiger partial charge on any atom is 0.0897 e. The van der Waals surface area contributed by atoms with Crippen molar-refractivity contribution in [2.75, 3.05) is 0 Å². The maximum atomic E-state index is 5.62. The molecule has 17 heavy (non-hydrogen) atoms. The highest BCUT2D eigenvalue weighted by Gasteiger charge is 2.16. The van der Waals surface area contributed by atoms with Crippen LogP contribution in [0.25, 0.3) is 0 Å². The molecule has 0 bridgehead atoms. The largest absolute Gasteiger partial charge is 0.271 e. The Morgan fingerprint density at radius 2 is 2.29 bits per heavy atom. The lowest BCUT2D eigenvalue weighted by molar-refractivity contribution is 0.555. The van der Waals surface area contributed by atoms with Crippen LogP contribution in [-0.2, 0) is 6.42 Å². The molecule has 0 radical (unpaired) electrons. The van der Waals surface area contributed by atoms with Crippen LogP contribution in [0.4, 0.5) is 0 Å². The Bertz CT molecular complexity index is 490. The van der Waals surface area contributed by atoms with Gasteiger partial charge in [-0.15, -0.1) is 22.7 Å². The van der Waals surface area contributed by atoms with E-state index in [0.29, 0.717) is 0 Å². The zero-order chi connectivity index (χ0) is 12.4. The number of hydrogen-bond donors (Lipinski definition) is 2. The van der Waals surface area contributed by atoms with Crippen LogP contribution < -0.4 is 11.3 Å². The Balaban J connectivity index is 2.16. The summed E-state index contributed by atoms with van der Waals surface area (Å²) in [6, 6.07) is 2.18. The normalized spacial score (nSPS) is 12.9. The highest BCUT2D eigenvalue weighted by atomic mass is 79.9. The van der Waals surface area contributed by atoms with Gasteiger partial charge in [0.2, 0.25) is 0 Å². The van der Waals surface area contributed by atoms with Crippen molar-refractivity contribution >= 4 is 54.5 Å². The molecule has 0 spiro atoms. The highest BCUT2D eigenvalue weighted by molar-refractivity contribution is 9.13. The molecule has 2 aromatic rings. The lowest BCUT2D eigenvalue weighted by atomic mass is 10.1. The number of aryl methyl sites for hydroxylation is 1. The van der Waals surface area contributed by atoms with E-state index >= 15 is 0 Å². The molecular weight excluding hydrogens is 386 g/mol. The van der Waals surface area contributed by atoms with E-state index in [9.17, 15) is 0 Å². The fourth-order valence-corrected chi connectivity index (χ4v) is 4.26. The monoisotopic (exact) mass is 395 g/mol. The number of nitrogens with two attached hydrogens (primary N) is 1. The number of halogens is 2. The number of nitrogens with zero attached hydrogens (tertiary/aromatic N) is 1. The van der Waals surface area contributed by atoms with Crippen molar-refractivity contribution in [3.05, 3.63) is 35.3 Å². The van der Waals surface area contributed by atoms with Gasteiger partial charge >= 0.3 is 0 Å². The predicted molar refractivity (Wildman–Crippen MR) is 80.3 cm³/mol. The van der Waals surface area contributed by atoms with Gasteiger partial charge in [-0.25, -0.2) is 4.98 Å². The average molecular weight is 397 g/mol. The van der Waals surface area contributed by atoms with Crippen molar-refractivity contribution in [1.29, 1.82) is 0 Å². The summed E-state index contributed by atoms with van der Waals surface area (Å²) in [7, 11) is 0. The quantitative estimate of drug-likeness (QED) is 0.610. The minimum absolute atomic E-state index is 0.101. The number of hydrazine groups is 1. The second-order valence-electron chi connectivity index (χ2n) is 3.55. The summed E-state index contributed by atoms with van der Waals surface area (Å²) in [5.41, 5.74) is 3.93. The van der Waals surface area contributed by atoms with Crippen molar-refractivity contribution in [2.45, 2.75) is 19.4 Å².